The molecule has 90 valence electrons. The van der Waals surface area contributed by atoms with Crippen LogP contribution in [0.3, 0.4) is 0 Å². The van der Waals surface area contributed by atoms with E-state index in [4.69, 9.17) is 10.5 Å². The first-order valence-electron chi connectivity index (χ1n) is 5.99. The third kappa shape index (κ3) is 3.53. The molecule has 2 N–H and O–H groups in total. The van der Waals surface area contributed by atoms with Gasteiger partial charge in [-0.2, -0.15) is 0 Å². The van der Waals surface area contributed by atoms with Crippen molar-refractivity contribution in [3.05, 3.63) is 29.8 Å². The van der Waals surface area contributed by atoms with Crippen LogP contribution in [0.15, 0.2) is 24.3 Å². The zero-order chi connectivity index (χ0) is 12.1. The summed E-state index contributed by atoms with van der Waals surface area (Å²) >= 11 is 0. The largest absolute Gasteiger partial charge is 0.492 e. The molecular weight excluding hydrogens is 198 g/mol. The van der Waals surface area contributed by atoms with Crippen LogP contribution in [-0.4, -0.2) is 12.6 Å². The molecular formula is C14H23NO. The highest BCUT2D eigenvalue weighted by atomic mass is 16.5. The summed E-state index contributed by atoms with van der Waals surface area (Å²) in [6, 6.07) is 8.27. The van der Waals surface area contributed by atoms with Gasteiger partial charge in [0.1, 0.15) is 12.4 Å². The molecule has 0 fully saturated rings. The van der Waals surface area contributed by atoms with Crippen molar-refractivity contribution in [2.24, 2.45) is 11.7 Å². The van der Waals surface area contributed by atoms with Gasteiger partial charge in [-0.25, -0.2) is 0 Å². The van der Waals surface area contributed by atoms with E-state index in [1.807, 2.05) is 18.2 Å². The van der Waals surface area contributed by atoms with Crippen molar-refractivity contribution in [2.75, 3.05) is 6.61 Å². The van der Waals surface area contributed by atoms with Crippen LogP contribution in [-0.2, 0) is 0 Å². The highest BCUT2D eigenvalue weighted by molar-refractivity contribution is 5.35. The Labute approximate surface area is 98.8 Å². The topological polar surface area (TPSA) is 35.2 Å². The van der Waals surface area contributed by atoms with E-state index in [0.29, 0.717) is 18.4 Å². The van der Waals surface area contributed by atoms with E-state index in [2.05, 4.69) is 33.8 Å². The Balaban J connectivity index is 2.66. The van der Waals surface area contributed by atoms with E-state index >= 15 is 0 Å². The molecule has 0 aromatic heterocycles. The van der Waals surface area contributed by atoms with E-state index < -0.39 is 0 Å². The summed E-state index contributed by atoms with van der Waals surface area (Å²) in [5, 5.41) is 0. The summed E-state index contributed by atoms with van der Waals surface area (Å²) in [6.45, 7) is 9.15. The summed E-state index contributed by atoms with van der Waals surface area (Å²) in [5.41, 5.74) is 7.21. The lowest BCUT2D eigenvalue weighted by molar-refractivity contribution is 0.257. The van der Waals surface area contributed by atoms with E-state index in [-0.39, 0.29) is 6.04 Å². The number of hydrogen-bond donors (Lipinski definition) is 1. The Morgan fingerprint density at radius 2 is 1.75 bits per heavy atom. The van der Waals surface area contributed by atoms with Crippen molar-refractivity contribution in [3.63, 3.8) is 0 Å². The molecule has 1 aromatic carbocycles. The first kappa shape index (κ1) is 13.0. The summed E-state index contributed by atoms with van der Waals surface area (Å²) in [5.74, 6) is 1.89. The standard InChI is InChI=1S/C14H23NO/c1-10(2)12-7-5-6-8-14(12)16-9-13(15)11(3)4/h5-8,10-11,13H,9,15H2,1-4H3/t13-/m0/s1. The average molecular weight is 221 g/mol. The molecule has 0 saturated heterocycles. The van der Waals surface area contributed by atoms with Crippen LogP contribution < -0.4 is 10.5 Å². The van der Waals surface area contributed by atoms with Crippen LogP contribution in [0.5, 0.6) is 5.75 Å². The minimum absolute atomic E-state index is 0.0974. The lowest BCUT2D eigenvalue weighted by Gasteiger charge is -2.19. The van der Waals surface area contributed by atoms with Gasteiger partial charge in [0.15, 0.2) is 0 Å². The molecule has 1 rings (SSSR count). The van der Waals surface area contributed by atoms with Crippen LogP contribution in [0.1, 0.15) is 39.2 Å². The van der Waals surface area contributed by atoms with Gasteiger partial charge in [-0.3, -0.25) is 0 Å². The molecule has 0 aliphatic rings. The first-order chi connectivity index (χ1) is 7.52. The van der Waals surface area contributed by atoms with Gasteiger partial charge in [-0.05, 0) is 23.5 Å². The molecule has 0 radical (unpaired) electrons. The maximum atomic E-state index is 5.97. The third-order valence-electron chi connectivity index (χ3n) is 2.83. The van der Waals surface area contributed by atoms with Crippen LogP contribution in [0, 0.1) is 5.92 Å². The van der Waals surface area contributed by atoms with Crippen molar-refractivity contribution in [1.29, 1.82) is 0 Å². The van der Waals surface area contributed by atoms with Crippen LogP contribution >= 0.6 is 0 Å². The second-order valence-corrected chi connectivity index (χ2v) is 4.91. The molecule has 2 nitrogen and oxygen atoms in total. The minimum Gasteiger partial charge on any atom is -0.492 e. The highest BCUT2D eigenvalue weighted by Crippen LogP contribution is 2.25. The molecule has 0 aliphatic heterocycles. The van der Waals surface area contributed by atoms with Crippen LogP contribution in [0.2, 0.25) is 0 Å². The molecule has 0 aliphatic carbocycles. The lowest BCUT2D eigenvalue weighted by atomic mass is 10.0. The predicted octanol–water partition coefficient (Wildman–Crippen LogP) is 3.17. The van der Waals surface area contributed by atoms with Gasteiger partial charge in [0, 0.05) is 6.04 Å². The van der Waals surface area contributed by atoms with E-state index in [1.54, 1.807) is 0 Å². The summed E-state index contributed by atoms with van der Waals surface area (Å²) in [6.07, 6.45) is 0. The summed E-state index contributed by atoms with van der Waals surface area (Å²) in [4.78, 5) is 0. The second-order valence-electron chi connectivity index (χ2n) is 4.91. The van der Waals surface area contributed by atoms with Gasteiger partial charge >= 0.3 is 0 Å². The minimum atomic E-state index is 0.0974. The number of hydrogen-bond acceptors (Lipinski definition) is 2. The maximum Gasteiger partial charge on any atom is 0.122 e. The molecule has 16 heavy (non-hydrogen) atoms. The molecule has 0 amide bonds. The highest BCUT2D eigenvalue weighted by Gasteiger charge is 2.11. The van der Waals surface area contributed by atoms with Gasteiger partial charge in [0.2, 0.25) is 0 Å². The molecule has 1 aromatic rings. The fourth-order valence-electron chi connectivity index (χ4n) is 1.47. The number of benzene rings is 1. The van der Waals surface area contributed by atoms with Crippen molar-refractivity contribution in [2.45, 2.75) is 39.7 Å². The molecule has 0 saturated carbocycles. The fraction of sp³-hybridized carbons (Fsp3) is 0.571. The molecule has 2 heteroatoms. The van der Waals surface area contributed by atoms with E-state index in [9.17, 15) is 0 Å². The number of rotatable bonds is 5. The Morgan fingerprint density at radius 1 is 1.12 bits per heavy atom. The van der Waals surface area contributed by atoms with Gasteiger partial charge in [0.05, 0.1) is 0 Å². The number of para-hydroxylation sites is 1. The fourth-order valence-corrected chi connectivity index (χ4v) is 1.47. The van der Waals surface area contributed by atoms with E-state index in [1.165, 1.54) is 5.56 Å². The SMILES string of the molecule is CC(C)c1ccccc1OC[C@H](N)C(C)C. The van der Waals surface area contributed by atoms with E-state index in [0.717, 1.165) is 5.75 Å². The quantitative estimate of drug-likeness (QED) is 0.829. The molecule has 0 spiro atoms. The van der Waals surface area contributed by atoms with Crippen molar-refractivity contribution >= 4 is 0 Å². The normalized spacial score (nSPS) is 13.2. The van der Waals surface area contributed by atoms with Crippen molar-refractivity contribution < 1.29 is 4.74 Å². The van der Waals surface area contributed by atoms with Gasteiger partial charge < -0.3 is 10.5 Å². The van der Waals surface area contributed by atoms with Gasteiger partial charge in [-0.15, -0.1) is 0 Å². The zero-order valence-electron chi connectivity index (χ0n) is 10.7. The number of nitrogens with two attached hydrogens (primary N) is 1. The first-order valence-corrected chi connectivity index (χ1v) is 5.99. The zero-order valence-corrected chi connectivity index (χ0v) is 10.7. The smallest absolute Gasteiger partial charge is 0.122 e. The van der Waals surface area contributed by atoms with Crippen LogP contribution in [0.4, 0.5) is 0 Å². The summed E-state index contributed by atoms with van der Waals surface area (Å²) in [7, 11) is 0. The molecule has 0 unspecified atom stereocenters. The second kappa shape index (κ2) is 5.90. The third-order valence-corrected chi connectivity index (χ3v) is 2.83. The summed E-state index contributed by atoms with van der Waals surface area (Å²) < 4.78 is 5.80. The monoisotopic (exact) mass is 221 g/mol. The Hall–Kier alpha value is -1.02. The Kier molecular flexibility index (Phi) is 4.81. The average Bonchev–Trinajstić information content (AvgIpc) is 2.25. The van der Waals surface area contributed by atoms with Crippen molar-refractivity contribution in [1.82, 2.24) is 0 Å². The Bertz CT molecular complexity index is 320. The van der Waals surface area contributed by atoms with Gasteiger partial charge in [0.25, 0.3) is 0 Å². The molecule has 1 atom stereocenters. The number of ether oxygens (including phenoxy) is 1. The van der Waals surface area contributed by atoms with Crippen molar-refractivity contribution in [3.8, 4) is 5.75 Å². The van der Waals surface area contributed by atoms with Gasteiger partial charge in [-0.1, -0.05) is 45.9 Å². The lowest BCUT2D eigenvalue weighted by Crippen LogP contribution is -2.33. The Morgan fingerprint density at radius 3 is 2.31 bits per heavy atom. The predicted molar refractivity (Wildman–Crippen MR) is 68.8 cm³/mol. The van der Waals surface area contributed by atoms with Crippen LogP contribution in [0.25, 0.3) is 0 Å². The molecule has 0 heterocycles. The molecule has 0 bridgehead atoms. The maximum absolute atomic E-state index is 5.97.